The van der Waals surface area contributed by atoms with Crippen LogP contribution in [-0.4, -0.2) is 58.1 Å². The number of rotatable bonds is 8. The lowest BCUT2D eigenvalue weighted by Gasteiger charge is -2.45. The summed E-state index contributed by atoms with van der Waals surface area (Å²) in [5.41, 5.74) is 2.63. The lowest BCUT2D eigenvalue weighted by molar-refractivity contribution is -0.274. The number of nitrogens with zero attached hydrogens (tertiary/aromatic N) is 1. The van der Waals surface area contributed by atoms with Crippen LogP contribution in [0.2, 0.25) is 0 Å². The normalized spacial score (nSPS) is 21.0. The molecular weight excluding hydrogens is 579 g/mol. The molecule has 0 spiro atoms. The number of anilines is 1. The Bertz CT molecular complexity index is 1330. The van der Waals surface area contributed by atoms with E-state index in [0.29, 0.717) is 30.0 Å². The zero-order chi connectivity index (χ0) is 32.2. The van der Waals surface area contributed by atoms with Gasteiger partial charge in [-0.05, 0) is 104 Å². The maximum Gasteiger partial charge on any atom is 0.573 e. The highest BCUT2D eigenvalue weighted by molar-refractivity contribution is 5.95. The van der Waals surface area contributed by atoms with Gasteiger partial charge in [0.25, 0.3) is 5.91 Å². The number of aliphatic hydroxyl groups is 1. The number of carboxylic acid groups (broad SMARTS) is 1. The topological polar surface area (TPSA) is 128 Å². The van der Waals surface area contributed by atoms with Crippen LogP contribution < -0.4 is 15.4 Å². The summed E-state index contributed by atoms with van der Waals surface area (Å²) < 4.78 is 41.8. The summed E-state index contributed by atoms with van der Waals surface area (Å²) in [6.07, 6.45) is -0.823. The van der Waals surface area contributed by atoms with Gasteiger partial charge in [-0.25, -0.2) is 9.59 Å². The number of nitrogens with one attached hydrogen (secondary N) is 2. The number of benzene rings is 2. The minimum atomic E-state index is -4.82. The van der Waals surface area contributed by atoms with Gasteiger partial charge in [0, 0.05) is 17.3 Å². The van der Waals surface area contributed by atoms with Crippen molar-refractivity contribution < 1.29 is 42.5 Å². The maximum absolute atomic E-state index is 14.0. The third kappa shape index (κ3) is 8.43. The van der Waals surface area contributed by atoms with Crippen LogP contribution in [0.4, 0.5) is 23.7 Å². The minimum Gasteiger partial charge on any atom is -0.479 e. The van der Waals surface area contributed by atoms with Crippen LogP contribution in [0, 0.1) is 11.3 Å². The number of hydrogen-bond acceptors (Lipinski definition) is 5. The number of amides is 3. The summed E-state index contributed by atoms with van der Waals surface area (Å²) in [5.74, 6) is -1.81. The van der Waals surface area contributed by atoms with Gasteiger partial charge in [-0.1, -0.05) is 26.8 Å². The molecule has 2 unspecified atom stereocenters. The van der Waals surface area contributed by atoms with E-state index < -0.39 is 30.9 Å². The van der Waals surface area contributed by atoms with E-state index in [-0.39, 0.29) is 29.3 Å². The Morgan fingerprint density at radius 3 is 2.25 bits per heavy atom. The molecule has 12 heteroatoms. The number of fused-ring (bicyclic) bond motifs is 1. The van der Waals surface area contributed by atoms with E-state index in [0.717, 1.165) is 55.4 Å². The summed E-state index contributed by atoms with van der Waals surface area (Å²) in [6, 6.07) is 9.55. The zero-order valence-electron chi connectivity index (χ0n) is 25.1. The van der Waals surface area contributed by atoms with Gasteiger partial charge in [0.1, 0.15) is 5.75 Å². The predicted molar refractivity (Wildman–Crippen MR) is 157 cm³/mol. The standard InChI is InChI=1S/C32H40F3N3O6/c1-31(2,3)21-8-12-23(13-9-21)38(30(43)37-22-10-14-24(15-11-22)44-32(33,34)35)26-6-4-5-19-17-20(7-16-25(19)26)28(40)36-18-27(39)29(41)42/h7,10-11,14-17,21,23,26-27,39H,4-6,8-9,12-13,18H2,1-3H3,(H,36,40)(H,37,43)(H,41,42). The molecule has 240 valence electrons. The quantitative estimate of drug-likeness (QED) is 0.276. The molecule has 0 saturated heterocycles. The van der Waals surface area contributed by atoms with Gasteiger partial charge in [0.2, 0.25) is 0 Å². The molecule has 2 aromatic carbocycles. The molecule has 4 N–H and O–H groups in total. The fourth-order valence-electron chi connectivity index (χ4n) is 6.31. The maximum atomic E-state index is 14.0. The lowest BCUT2D eigenvalue weighted by atomic mass is 9.71. The largest absolute Gasteiger partial charge is 0.573 e. The van der Waals surface area contributed by atoms with Crippen LogP contribution in [0.1, 0.15) is 86.8 Å². The number of halogens is 3. The molecule has 1 saturated carbocycles. The second-order valence-electron chi connectivity index (χ2n) is 12.7. The third-order valence-electron chi connectivity index (χ3n) is 8.65. The van der Waals surface area contributed by atoms with Crippen molar-refractivity contribution in [2.24, 2.45) is 11.3 Å². The summed E-state index contributed by atoms with van der Waals surface area (Å²) >= 11 is 0. The van der Waals surface area contributed by atoms with Crippen molar-refractivity contribution in [2.75, 3.05) is 11.9 Å². The number of alkyl halides is 3. The number of carbonyl (C=O) groups is 3. The van der Waals surface area contributed by atoms with E-state index >= 15 is 0 Å². The number of carboxylic acids is 1. The molecule has 2 aliphatic carbocycles. The van der Waals surface area contributed by atoms with Gasteiger partial charge in [-0.2, -0.15) is 0 Å². The molecule has 0 radical (unpaired) electrons. The van der Waals surface area contributed by atoms with E-state index in [1.165, 1.54) is 12.1 Å². The molecule has 2 aromatic rings. The fraction of sp³-hybridized carbons (Fsp3) is 0.531. The van der Waals surface area contributed by atoms with Gasteiger partial charge >= 0.3 is 18.4 Å². The van der Waals surface area contributed by atoms with Crippen LogP contribution in [0.5, 0.6) is 5.75 Å². The van der Waals surface area contributed by atoms with Gasteiger partial charge in [-0.15, -0.1) is 13.2 Å². The third-order valence-corrected chi connectivity index (χ3v) is 8.65. The van der Waals surface area contributed by atoms with E-state index in [2.05, 4.69) is 36.1 Å². The molecule has 1 fully saturated rings. The molecule has 0 aliphatic heterocycles. The summed E-state index contributed by atoms with van der Waals surface area (Å²) in [5, 5.41) is 23.7. The highest BCUT2D eigenvalue weighted by atomic mass is 19.4. The lowest BCUT2D eigenvalue weighted by Crippen LogP contribution is -2.48. The molecule has 2 aliphatic rings. The highest BCUT2D eigenvalue weighted by Crippen LogP contribution is 2.43. The van der Waals surface area contributed by atoms with Gasteiger partial charge in [0.15, 0.2) is 6.10 Å². The first-order valence-electron chi connectivity index (χ1n) is 14.9. The monoisotopic (exact) mass is 619 g/mol. The predicted octanol–water partition coefficient (Wildman–Crippen LogP) is 6.28. The van der Waals surface area contributed by atoms with Crippen molar-refractivity contribution in [3.05, 3.63) is 59.2 Å². The molecule has 2 atom stereocenters. The number of urea groups is 1. The number of aliphatic carboxylic acids is 1. The summed E-state index contributed by atoms with van der Waals surface area (Å²) in [7, 11) is 0. The van der Waals surface area contributed by atoms with Crippen molar-refractivity contribution in [1.29, 1.82) is 0 Å². The SMILES string of the molecule is CC(C)(C)C1CCC(N(C(=O)Nc2ccc(OC(F)(F)F)cc2)C2CCCc3cc(C(=O)NCC(O)C(=O)O)ccc32)CC1. The van der Waals surface area contributed by atoms with Crippen LogP contribution in [0.15, 0.2) is 42.5 Å². The van der Waals surface area contributed by atoms with Crippen molar-refractivity contribution in [3.8, 4) is 5.75 Å². The molecule has 0 bridgehead atoms. The van der Waals surface area contributed by atoms with Gasteiger partial charge in [0.05, 0.1) is 12.6 Å². The number of ether oxygens (including phenoxy) is 1. The first kappa shape index (κ1) is 33.1. The summed E-state index contributed by atoms with van der Waals surface area (Å²) in [6.45, 7) is 6.24. The van der Waals surface area contributed by atoms with Crippen LogP contribution in [0.3, 0.4) is 0 Å². The molecule has 3 amide bonds. The fourth-order valence-corrected chi connectivity index (χ4v) is 6.31. The summed E-state index contributed by atoms with van der Waals surface area (Å²) in [4.78, 5) is 39.4. The van der Waals surface area contributed by atoms with E-state index in [1.54, 1.807) is 12.1 Å². The Morgan fingerprint density at radius 1 is 1.00 bits per heavy atom. The van der Waals surface area contributed by atoms with Crippen LogP contribution >= 0.6 is 0 Å². The Hall–Kier alpha value is -3.80. The molecule has 4 rings (SSSR count). The van der Waals surface area contributed by atoms with Crippen molar-refractivity contribution in [1.82, 2.24) is 10.2 Å². The average Bonchev–Trinajstić information content (AvgIpc) is 2.95. The van der Waals surface area contributed by atoms with E-state index in [1.807, 2.05) is 11.0 Å². The number of hydrogen-bond donors (Lipinski definition) is 4. The van der Waals surface area contributed by atoms with Crippen molar-refractivity contribution >= 4 is 23.6 Å². The Balaban J connectivity index is 1.58. The van der Waals surface area contributed by atoms with E-state index in [9.17, 15) is 32.7 Å². The van der Waals surface area contributed by atoms with Crippen LogP contribution in [0.25, 0.3) is 0 Å². The van der Waals surface area contributed by atoms with Crippen molar-refractivity contribution in [3.63, 3.8) is 0 Å². The zero-order valence-corrected chi connectivity index (χ0v) is 25.1. The Kier molecular flexibility index (Phi) is 10.1. The van der Waals surface area contributed by atoms with E-state index in [4.69, 9.17) is 5.11 Å². The highest BCUT2D eigenvalue weighted by Gasteiger charge is 2.39. The molecule has 9 nitrogen and oxygen atoms in total. The molecule has 0 aromatic heterocycles. The van der Waals surface area contributed by atoms with Crippen LogP contribution in [-0.2, 0) is 11.2 Å². The Morgan fingerprint density at radius 2 is 1.66 bits per heavy atom. The molecular formula is C32H40F3N3O6. The number of aryl methyl sites for hydroxylation is 1. The number of aliphatic hydroxyl groups excluding tert-OH is 1. The first-order chi connectivity index (χ1) is 20.6. The van der Waals surface area contributed by atoms with Crippen molar-refractivity contribution in [2.45, 2.75) is 90.3 Å². The second kappa shape index (κ2) is 13.5. The molecule has 44 heavy (non-hydrogen) atoms. The second-order valence-corrected chi connectivity index (χ2v) is 12.7. The smallest absolute Gasteiger partial charge is 0.479 e. The minimum absolute atomic E-state index is 0.0575. The van der Waals surface area contributed by atoms with Gasteiger partial charge < -0.3 is 30.5 Å². The van der Waals surface area contributed by atoms with Gasteiger partial charge in [-0.3, -0.25) is 4.79 Å². The first-order valence-corrected chi connectivity index (χ1v) is 14.9. The Labute approximate surface area is 254 Å². The average molecular weight is 620 g/mol. The molecule has 0 heterocycles. The number of carbonyl (C=O) groups excluding carboxylic acids is 2.